The second-order valence-electron chi connectivity index (χ2n) is 15.2. The molecule has 224 valence electrons. The van der Waals surface area contributed by atoms with Gasteiger partial charge in [-0.3, -0.25) is 0 Å². The molecule has 0 N–H and O–H groups in total. The Bertz CT molecular complexity index is 1490. The third kappa shape index (κ3) is 5.67. The average molecular weight is 577 g/mol. The molecule has 0 saturated heterocycles. The van der Waals surface area contributed by atoms with Crippen LogP contribution in [0.4, 0.5) is 0 Å². The van der Waals surface area contributed by atoms with E-state index in [4.69, 9.17) is 0 Å². The van der Waals surface area contributed by atoms with E-state index in [1.54, 1.807) is 15.6 Å². The summed E-state index contributed by atoms with van der Waals surface area (Å²) in [5, 5.41) is 6.32. The van der Waals surface area contributed by atoms with Crippen molar-refractivity contribution >= 4 is 23.6 Å². The Morgan fingerprint density at radius 1 is 0.548 bits per heavy atom. The zero-order valence-corrected chi connectivity index (χ0v) is 30.2. The zero-order chi connectivity index (χ0) is 31.4. The molecule has 4 rings (SSSR count). The van der Waals surface area contributed by atoms with E-state index in [1.807, 2.05) is 0 Å². The number of hydrogen-bond acceptors (Lipinski definition) is 0. The molecule has 0 saturated carbocycles. The Labute approximate surface area is 259 Å². The highest BCUT2D eigenvalue weighted by molar-refractivity contribution is 7.16. The van der Waals surface area contributed by atoms with Gasteiger partial charge in [-0.1, -0.05) is 144 Å². The minimum atomic E-state index is -2.74. The van der Waals surface area contributed by atoms with Crippen molar-refractivity contribution in [3.8, 4) is 0 Å². The first-order chi connectivity index (χ1) is 19.4. The Morgan fingerprint density at radius 2 is 0.976 bits per heavy atom. The van der Waals surface area contributed by atoms with Crippen LogP contribution in [0.5, 0.6) is 0 Å². The van der Waals surface area contributed by atoms with Gasteiger partial charge in [-0.15, -0.1) is 0 Å². The molecule has 0 spiro atoms. The largest absolute Gasteiger partial charge is 0.176 e. The highest BCUT2D eigenvalue weighted by Crippen LogP contribution is 2.42. The summed E-state index contributed by atoms with van der Waals surface area (Å²) in [6, 6.07) is 22.8. The standard InChI is InChI=1S/C41H56Si/c1-15-32-20-33(16-2)22-37(21-32)42(36-18-26(3)17-27(4)19-36,39-30(7)28(5)29(6)31(39)8)38-24-34(40(9,10)11)23-35(25-38)41(12,13)14/h17-25,30H,15-16H2,1-14H3. The van der Waals surface area contributed by atoms with E-state index < -0.39 is 8.07 Å². The number of benzene rings is 3. The Balaban J connectivity index is 2.36. The molecule has 1 aliphatic rings. The van der Waals surface area contributed by atoms with E-state index in [-0.39, 0.29) is 10.8 Å². The fourth-order valence-corrected chi connectivity index (χ4v) is 13.2. The van der Waals surface area contributed by atoms with Crippen LogP contribution in [-0.2, 0) is 23.7 Å². The zero-order valence-electron chi connectivity index (χ0n) is 29.2. The number of aryl methyl sites for hydroxylation is 4. The van der Waals surface area contributed by atoms with Gasteiger partial charge >= 0.3 is 0 Å². The van der Waals surface area contributed by atoms with E-state index in [2.05, 4.69) is 152 Å². The van der Waals surface area contributed by atoms with Gasteiger partial charge in [-0.25, -0.2) is 0 Å². The second-order valence-corrected chi connectivity index (χ2v) is 19.0. The monoisotopic (exact) mass is 576 g/mol. The van der Waals surface area contributed by atoms with Gasteiger partial charge in [0.25, 0.3) is 0 Å². The first kappa shape index (κ1) is 32.3. The topological polar surface area (TPSA) is 0 Å². The van der Waals surface area contributed by atoms with Crippen molar-refractivity contribution < 1.29 is 0 Å². The van der Waals surface area contributed by atoms with E-state index in [0.717, 1.165) is 12.8 Å². The lowest BCUT2D eigenvalue weighted by atomic mass is 9.81. The first-order valence-corrected chi connectivity index (χ1v) is 18.2. The quantitative estimate of drug-likeness (QED) is 0.203. The molecule has 0 amide bonds. The van der Waals surface area contributed by atoms with Gasteiger partial charge < -0.3 is 0 Å². The minimum absolute atomic E-state index is 0.0489. The van der Waals surface area contributed by atoms with Crippen LogP contribution in [0.3, 0.4) is 0 Å². The second kappa shape index (κ2) is 11.5. The van der Waals surface area contributed by atoms with Gasteiger partial charge in [0, 0.05) is 0 Å². The summed E-state index contributed by atoms with van der Waals surface area (Å²) in [7, 11) is -2.74. The van der Waals surface area contributed by atoms with Crippen molar-refractivity contribution in [3.63, 3.8) is 0 Å². The van der Waals surface area contributed by atoms with Crippen LogP contribution in [0.25, 0.3) is 0 Å². The SMILES string of the molecule is CCc1cc(CC)cc([Si](C2=C(C)C(C)=C(C)C2C)(c2cc(C)cc(C)c2)c2cc(C(C)(C)C)cc(C(C)(C)C)c2)c1. The molecule has 0 fully saturated rings. The van der Waals surface area contributed by atoms with Crippen LogP contribution < -0.4 is 15.6 Å². The summed E-state index contributed by atoms with van der Waals surface area (Å²) in [5.74, 6) is 0.407. The molecule has 42 heavy (non-hydrogen) atoms. The fourth-order valence-electron chi connectivity index (χ4n) is 7.22. The predicted molar refractivity (Wildman–Crippen MR) is 190 cm³/mol. The lowest BCUT2D eigenvalue weighted by Gasteiger charge is -2.41. The van der Waals surface area contributed by atoms with Crippen molar-refractivity contribution in [3.05, 3.63) is 110 Å². The molecule has 3 aromatic rings. The highest BCUT2D eigenvalue weighted by atomic mass is 28.3. The van der Waals surface area contributed by atoms with E-state index in [9.17, 15) is 0 Å². The Morgan fingerprint density at radius 3 is 1.36 bits per heavy atom. The smallest absolute Gasteiger partial charge is 0.0636 e. The molecule has 0 nitrogen and oxygen atoms in total. The summed E-state index contributed by atoms with van der Waals surface area (Å²) in [5.41, 5.74) is 13.2. The Hall–Kier alpha value is -2.64. The molecule has 0 bridgehead atoms. The molecule has 1 heteroatoms. The molecule has 3 aromatic carbocycles. The third-order valence-electron chi connectivity index (χ3n) is 10.1. The van der Waals surface area contributed by atoms with Crippen LogP contribution >= 0.6 is 0 Å². The predicted octanol–water partition coefficient (Wildman–Crippen LogP) is 9.34. The van der Waals surface area contributed by atoms with Crippen molar-refractivity contribution in [2.75, 3.05) is 0 Å². The first-order valence-electron chi connectivity index (χ1n) is 16.2. The molecule has 2 atom stereocenters. The lowest BCUT2D eigenvalue weighted by Crippen LogP contribution is -2.70. The van der Waals surface area contributed by atoms with Crippen molar-refractivity contribution in [2.45, 2.75) is 121 Å². The van der Waals surface area contributed by atoms with E-state index >= 15 is 0 Å². The maximum atomic E-state index is 2.62. The van der Waals surface area contributed by atoms with Crippen molar-refractivity contribution in [1.29, 1.82) is 0 Å². The molecule has 0 aromatic heterocycles. The summed E-state index contributed by atoms with van der Waals surface area (Å²) in [4.78, 5) is 0. The van der Waals surface area contributed by atoms with Gasteiger partial charge in [0.1, 0.15) is 0 Å². The van der Waals surface area contributed by atoms with E-state index in [0.29, 0.717) is 5.92 Å². The van der Waals surface area contributed by atoms with Gasteiger partial charge in [0.15, 0.2) is 8.07 Å². The molecular formula is C41H56Si. The third-order valence-corrected chi connectivity index (χ3v) is 15.2. The van der Waals surface area contributed by atoms with Gasteiger partial charge in [0.05, 0.1) is 0 Å². The highest BCUT2D eigenvalue weighted by Gasteiger charge is 2.49. The Kier molecular flexibility index (Phi) is 8.80. The van der Waals surface area contributed by atoms with Gasteiger partial charge in [-0.05, 0) is 108 Å². The van der Waals surface area contributed by atoms with Crippen LogP contribution in [-0.4, -0.2) is 8.07 Å². The maximum Gasteiger partial charge on any atom is 0.176 e. The van der Waals surface area contributed by atoms with Crippen molar-refractivity contribution in [2.24, 2.45) is 5.92 Å². The molecule has 1 aliphatic carbocycles. The summed E-state index contributed by atoms with van der Waals surface area (Å²) in [6.45, 7) is 33.1. The van der Waals surface area contributed by atoms with Crippen LogP contribution in [0.1, 0.15) is 116 Å². The van der Waals surface area contributed by atoms with Crippen LogP contribution in [0, 0.1) is 19.8 Å². The minimum Gasteiger partial charge on any atom is -0.0636 e. The van der Waals surface area contributed by atoms with Gasteiger partial charge in [-0.2, -0.15) is 0 Å². The summed E-state index contributed by atoms with van der Waals surface area (Å²) in [6.07, 6.45) is 2.11. The summed E-state index contributed by atoms with van der Waals surface area (Å²) >= 11 is 0. The van der Waals surface area contributed by atoms with Crippen LogP contribution in [0.15, 0.2) is 76.5 Å². The number of hydrogen-bond donors (Lipinski definition) is 0. The number of allylic oxidation sites excluding steroid dienone is 4. The molecular weight excluding hydrogens is 521 g/mol. The molecule has 0 heterocycles. The van der Waals surface area contributed by atoms with Crippen molar-refractivity contribution in [1.82, 2.24) is 0 Å². The fraction of sp³-hybridized carbons (Fsp3) is 0.463. The lowest BCUT2D eigenvalue weighted by molar-refractivity contribution is 0.569. The summed E-state index contributed by atoms with van der Waals surface area (Å²) < 4.78 is 0. The van der Waals surface area contributed by atoms with Crippen LogP contribution in [0.2, 0.25) is 0 Å². The number of rotatable bonds is 6. The van der Waals surface area contributed by atoms with Gasteiger partial charge in [0.2, 0.25) is 0 Å². The maximum absolute atomic E-state index is 2.74. The van der Waals surface area contributed by atoms with E-state index in [1.165, 1.54) is 55.3 Å². The normalized spacial score (nSPS) is 17.7. The molecule has 2 unspecified atom stereocenters. The molecule has 0 aliphatic heterocycles. The molecule has 0 radical (unpaired) electrons. The average Bonchev–Trinajstić information content (AvgIpc) is 3.10.